The van der Waals surface area contributed by atoms with Crippen LogP contribution in [0, 0.1) is 0 Å². The number of aliphatic hydroxyl groups is 1. The van der Waals surface area contributed by atoms with Crippen LogP contribution in [0.1, 0.15) is 0 Å². The smallest absolute Gasteiger partial charge is 0.287 e. The van der Waals surface area contributed by atoms with Gasteiger partial charge in [0.25, 0.3) is 5.56 Å². The average Bonchev–Trinajstić information content (AvgIpc) is 2.29. The van der Waals surface area contributed by atoms with Crippen LogP contribution in [0.3, 0.4) is 0 Å². The van der Waals surface area contributed by atoms with Crippen LogP contribution in [0.2, 0.25) is 5.02 Å². The molecule has 1 rings (SSSR count). The van der Waals surface area contributed by atoms with E-state index in [1.807, 2.05) is 19.0 Å². The Labute approximate surface area is 105 Å². The van der Waals surface area contributed by atoms with E-state index in [2.05, 4.69) is 10.4 Å². The lowest BCUT2D eigenvalue weighted by Gasteiger charge is -2.12. The Morgan fingerprint density at radius 3 is 2.88 bits per heavy atom. The zero-order valence-electron chi connectivity index (χ0n) is 9.98. The van der Waals surface area contributed by atoms with E-state index in [4.69, 9.17) is 16.7 Å². The Balaban J connectivity index is 2.83. The summed E-state index contributed by atoms with van der Waals surface area (Å²) in [6.07, 6.45) is 1.50. The van der Waals surface area contributed by atoms with Crippen LogP contribution < -0.4 is 10.9 Å². The van der Waals surface area contributed by atoms with E-state index in [-0.39, 0.29) is 17.2 Å². The number of halogens is 1. The van der Waals surface area contributed by atoms with Crippen molar-refractivity contribution in [3.05, 3.63) is 21.6 Å². The van der Waals surface area contributed by atoms with Gasteiger partial charge in [0.2, 0.25) is 0 Å². The van der Waals surface area contributed by atoms with E-state index in [9.17, 15) is 4.79 Å². The van der Waals surface area contributed by atoms with Gasteiger partial charge in [0.05, 0.1) is 25.0 Å². The molecule has 0 saturated heterocycles. The molecule has 1 aromatic rings. The van der Waals surface area contributed by atoms with Gasteiger partial charge < -0.3 is 15.3 Å². The molecule has 0 bridgehead atoms. The van der Waals surface area contributed by atoms with E-state index < -0.39 is 0 Å². The van der Waals surface area contributed by atoms with Gasteiger partial charge in [0, 0.05) is 13.1 Å². The number of nitrogens with zero attached hydrogens (tertiary/aromatic N) is 3. The van der Waals surface area contributed by atoms with Crippen LogP contribution in [0.15, 0.2) is 11.0 Å². The van der Waals surface area contributed by atoms with E-state index in [0.717, 1.165) is 0 Å². The first kappa shape index (κ1) is 14.0. The summed E-state index contributed by atoms with van der Waals surface area (Å²) in [5.74, 6) is 0. The second kappa shape index (κ2) is 6.58. The van der Waals surface area contributed by atoms with Gasteiger partial charge in [0.1, 0.15) is 5.02 Å². The van der Waals surface area contributed by atoms with Crippen LogP contribution in [0.5, 0.6) is 0 Å². The third-order valence-electron chi connectivity index (χ3n) is 2.17. The highest BCUT2D eigenvalue weighted by molar-refractivity contribution is 6.32. The topological polar surface area (TPSA) is 70.4 Å². The van der Waals surface area contributed by atoms with E-state index >= 15 is 0 Å². The molecule has 0 aliphatic carbocycles. The number of hydrogen-bond donors (Lipinski definition) is 2. The highest BCUT2D eigenvalue weighted by atomic mass is 35.5. The Kier molecular flexibility index (Phi) is 5.40. The molecular weight excluding hydrogens is 244 g/mol. The first-order valence-corrected chi connectivity index (χ1v) is 5.69. The second-order valence-corrected chi connectivity index (χ2v) is 4.23. The summed E-state index contributed by atoms with van der Waals surface area (Å²) < 4.78 is 1.33. The molecule has 17 heavy (non-hydrogen) atoms. The predicted molar refractivity (Wildman–Crippen MR) is 67.6 cm³/mol. The van der Waals surface area contributed by atoms with Crippen LogP contribution in [-0.4, -0.2) is 53.6 Å². The maximum absolute atomic E-state index is 11.8. The predicted octanol–water partition coefficient (Wildman–Crippen LogP) is -0.138. The molecule has 0 spiro atoms. The van der Waals surface area contributed by atoms with Crippen LogP contribution in [0.4, 0.5) is 5.69 Å². The van der Waals surface area contributed by atoms with E-state index in [1.54, 1.807) is 0 Å². The lowest BCUT2D eigenvalue weighted by molar-refractivity contribution is 0.311. The van der Waals surface area contributed by atoms with Crippen molar-refractivity contribution in [2.24, 2.45) is 0 Å². The molecule has 1 heterocycles. The minimum atomic E-state index is -0.323. The summed E-state index contributed by atoms with van der Waals surface area (Å²) in [5.41, 5.74) is 0.128. The normalized spacial score (nSPS) is 10.9. The molecule has 2 N–H and O–H groups in total. The third-order valence-corrected chi connectivity index (χ3v) is 2.54. The number of likely N-dealkylation sites (N-methyl/N-ethyl adjacent to an activating group) is 1. The molecule has 0 aliphatic rings. The zero-order chi connectivity index (χ0) is 12.8. The number of aliphatic hydroxyl groups excluding tert-OH is 1. The van der Waals surface area contributed by atoms with E-state index in [1.165, 1.54) is 10.9 Å². The highest BCUT2D eigenvalue weighted by Gasteiger charge is 2.08. The summed E-state index contributed by atoms with van der Waals surface area (Å²) in [4.78, 5) is 13.8. The van der Waals surface area contributed by atoms with Crippen molar-refractivity contribution in [3.63, 3.8) is 0 Å². The fourth-order valence-corrected chi connectivity index (χ4v) is 1.45. The number of hydrogen-bond acceptors (Lipinski definition) is 5. The first-order valence-electron chi connectivity index (χ1n) is 5.31. The molecule has 0 aliphatic heterocycles. The monoisotopic (exact) mass is 260 g/mol. The summed E-state index contributed by atoms with van der Waals surface area (Å²) >= 11 is 5.92. The SMILES string of the molecule is CN(C)CCn1ncc(NCCO)c(Cl)c1=O. The molecule has 1 aromatic heterocycles. The van der Waals surface area contributed by atoms with Crippen molar-refractivity contribution >= 4 is 17.3 Å². The minimum Gasteiger partial charge on any atom is -0.395 e. The second-order valence-electron chi connectivity index (χ2n) is 3.85. The highest BCUT2D eigenvalue weighted by Crippen LogP contribution is 2.14. The van der Waals surface area contributed by atoms with Crippen LogP contribution >= 0.6 is 11.6 Å². The van der Waals surface area contributed by atoms with Crippen molar-refractivity contribution in [2.75, 3.05) is 39.1 Å². The average molecular weight is 261 g/mol. The van der Waals surface area contributed by atoms with Gasteiger partial charge in [-0.2, -0.15) is 5.10 Å². The molecule has 0 atom stereocenters. The van der Waals surface area contributed by atoms with Crippen molar-refractivity contribution in [1.29, 1.82) is 0 Å². The largest absolute Gasteiger partial charge is 0.395 e. The maximum Gasteiger partial charge on any atom is 0.287 e. The quantitative estimate of drug-likeness (QED) is 0.745. The Morgan fingerprint density at radius 1 is 1.59 bits per heavy atom. The number of rotatable bonds is 6. The molecule has 0 fully saturated rings. The fourth-order valence-electron chi connectivity index (χ4n) is 1.23. The number of aromatic nitrogens is 2. The lowest BCUT2D eigenvalue weighted by Crippen LogP contribution is -2.29. The van der Waals surface area contributed by atoms with Gasteiger partial charge in [-0.15, -0.1) is 0 Å². The van der Waals surface area contributed by atoms with Crippen molar-refractivity contribution in [3.8, 4) is 0 Å². The molecule has 96 valence electrons. The molecule has 6 nitrogen and oxygen atoms in total. The minimum absolute atomic E-state index is 0.0277. The standard InChI is InChI=1S/C10H17ClN4O2/c1-14(2)4-5-15-10(17)9(11)8(7-13-15)12-3-6-16/h7,12,16H,3-6H2,1-2H3. The van der Waals surface area contributed by atoms with Gasteiger partial charge in [0.15, 0.2) is 0 Å². The zero-order valence-corrected chi connectivity index (χ0v) is 10.7. The lowest BCUT2D eigenvalue weighted by atomic mass is 10.4. The number of anilines is 1. The van der Waals surface area contributed by atoms with Crippen molar-refractivity contribution < 1.29 is 5.11 Å². The molecular formula is C10H17ClN4O2. The van der Waals surface area contributed by atoms with Gasteiger partial charge in [-0.25, -0.2) is 4.68 Å². The van der Waals surface area contributed by atoms with Crippen LogP contribution in [-0.2, 0) is 6.54 Å². The Morgan fingerprint density at radius 2 is 2.29 bits per heavy atom. The Hall–Kier alpha value is -1.11. The van der Waals surface area contributed by atoms with Crippen molar-refractivity contribution in [2.45, 2.75) is 6.54 Å². The third kappa shape index (κ3) is 3.99. The Bertz CT molecular complexity index is 419. The van der Waals surface area contributed by atoms with Gasteiger partial charge in [-0.1, -0.05) is 11.6 Å². The summed E-state index contributed by atoms with van der Waals surface area (Å²) in [5, 5.41) is 15.6. The van der Waals surface area contributed by atoms with Crippen LogP contribution in [0.25, 0.3) is 0 Å². The molecule has 7 heteroatoms. The molecule has 0 aromatic carbocycles. The fraction of sp³-hybridized carbons (Fsp3) is 0.600. The summed E-state index contributed by atoms with van der Waals surface area (Å²) in [7, 11) is 3.84. The summed E-state index contributed by atoms with van der Waals surface area (Å²) in [6.45, 7) is 1.51. The molecule has 0 amide bonds. The van der Waals surface area contributed by atoms with Gasteiger partial charge in [-0.05, 0) is 14.1 Å². The summed E-state index contributed by atoms with van der Waals surface area (Å²) in [6, 6.07) is 0. The van der Waals surface area contributed by atoms with Gasteiger partial charge in [-0.3, -0.25) is 4.79 Å². The first-order chi connectivity index (χ1) is 8.06. The number of nitrogens with one attached hydrogen (secondary N) is 1. The van der Waals surface area contributed by atoms with Gasteiger partial charge >= 0.3 is 0 Å². The van der Waals surface area contributed by atoms with Crippen molar-refractivity contribution in [1.82, 2.24) is 14.7 Å². The van der Waals surface area contributed by atoms with E-state index in [0.29, 0.717) is 25.3 Å². The maximum atomic E-state index is 11.8. The molecule has 0 unspecified atom stereocenters. The molecule has 0 radical (unpaired) electrons. The molecule has 0 saturated carbocycles.